The predicted octanol–water partition coefficient (Wildman–Crippen LogP) is -12.5. The SMILES string of the molecule is CCCCCCCCCCCCC/C=C/[C@@H](O)[C@H](CO[C@@H]1O[C@H](CO)[C@@H](O[C@@H]2O[C@H](CO)[C@H](O)[C@H](O[C@@H]3O[C@H](CO[C@]4(C(=O)[O-])C[C@H](O)[C@@H](NC(C)=O)[C@H]([C@H](O)[C@H](O)CO)O4)[C@@H](O)[C@H](O[C@@H]4O[C@H](CO)[C@H](O)[C@H](O[C@]5(C(=O)[O-])C[C@H](O)[C@@H](NC(C)=O)[C@H]([C@H](O)[C@H](O)CO)O5)[C@H]4O)[C@H]3NC(C)=O)[C@H]2O)[C@H](O)[C@H]1O)NC(=O)CCCCCCCCCCCCCCCCC.[Na+].[Na+]. The van der Waals surface area contributed by atoms with Crippen molar-refractivity contribution in [3.8, 4) is 0 Å². The van der Waals surface area contributed by atoms with E-state index in [0.29, 0.717) is 12.8 Å². The van der Waals surface area contributed by atoms with E-state index in [1.807, 2.05) is 0 Å². The average molecular weight is 1880 g/mol. The molecule has 6 aliphatic rings. The zero-order valence-corrected chi connectivity index (χ0v) is 79.5. The number of rotatable bonds is 59. The van der Waals surface area contributed by atoms with Crippen LogP contribution in [-0.4, -0.2) is 386 Å². The van der Waals surface area contributed by atoms with Crippen LogP contribution in [0.5, 0.6) is 0 Å². The summed E-state index contributed by atoms with van der Waals surface area (Å²) in [6.45, 7) is -0.842. The fraction of sp³-hybridized carbons (Fsp3) is 0.905. The number of carboxylic acid groups (broad SMARTS) is 2. The number of carboxylic acids is 2. The predicted molar refractivity (Wildman–Crippen MR) is 435 cm³/mol. The normalized spacial score (nSPS) is 34.6. The molecule has 129 heavy (non-hydrogen) atoms. The molecule has 0 aliphatic carbocycles. The summed E-state index contributed by atoms with van der Waals surface area (Å²) in [5, 5.41) is 251. The summed E-state index contributed by atoms with van der Waals surface area (Å²) in [4.78, 5) is 78.7. The first kappa shape index (κ1) is 119. The van der Waals surface area contributed by atoms with Crippen molar-refractivity contribution in [2.24, 2.45) is 0 Å². The molecule has 6 fully saturated rings. The third-order valence-electron chi connectivity index (χ3n) is 24.0. The monoisotopic (exact) mass is 1880 g/mol. The van der Waals surface area contributed by atoms with Gasteiger partial charge in [-0.3, -0.25) is 19.2 Å². The van der Waals surface area contributed by atoms with Gasteiger partial charge >= 0.3 is 59.1 Å². The topological polar surface area (TPSA) is 692 Å². The van der Waals surface area contributed by atoms with Crippen LogP contribution >= 0.6 is 0 Å². The van der Waals surface area contributed by atoms with E-state index in [-0.39, 0.29) is 65.5 Å². The van der Waals surface area contributed by atoms with Gasteiger partial charge in [-0.25, -0.2) is 0 Å². The van der Waals surface area contributed by atoms with Crippen molar-refractivity contribution in [1.82, 2.24) is 21.3 Å². The molecule has 0 spiro atoms. The van der Waals surface area contributed by atoms with E-state index >= 15 is 0 Å². The minimum atomic E-state index is -3.49. The molecule has 738 valence electrons. The van der Waals surface area contributed by atoms with E-state index in [1.165, 1.54) is 102 Å². The summed E-state index contributed by atoms with van der Waals surface area (Å²) in [5.74, 6) is -15.0. The Hall–Kier alpha value is -2.68. The number of unbranched alkanes of at least 4 members (excludes halogenated alkanes) is 25. The molecule has 0 aromatic carbocycles. The summed E-state index contributed by atoms with van der Waals surface area (Å²) < 4.78 is 71.2. The zero-order valence-electron chi connectivity index (χ0n) is 75.5. The van der Waals surface area contributed by atoms with E-state index in [2.05, 4.69) is 35.1 Å². The van der Waals surface area contributed by atoms with Crippen LogP contribution in [-0.2, 0) is 85.6 Å². The van der Waals surface area contributed by atoms with Gasteiger partial charge in [0.2, 0.25) is 35.2 Å². The second-order valence-electron chi connectivity index (χ2n) is 34.2. The Kier molecular flexibility index (Phi) is 56.0. The first-order valence-corrected chi connectivity index (χ1v) is 45.2. The molecular formula is C84H146N4Na2O39. The number of hydrogen-bond donors (Lipinski definition) is 23. The Morgan fingerprint density at radius 2 is 0.814 bits per heavy atom. The summed E-state index contributed by atoms with van der Waals surface area (Å²) in [6.07, 6.45) is -31.8. The van der Waals surface area contributed by atoms with Gasteiger partial charge in [0.05, 0.1) is 82.7 Å². The molecular weight excluding hydrogens is 1730 g/mol. The number of carbonyl (C=O) groups is 6. The van der Waals surface area contributed by atoms with Gasteiger partial charge in [-0.05, 0) is 19.3 Å². The summed E-state index contributed by atoms with van der Waals surface area (Å²) in [6, 6.07) is -6.97. The number of ether oxygens (including phenoxy) is 12. The third kappa shape index (κ3) is 35.6. The maximum atomic E-state index is 13.7. The van der Waals surface area contributed by atoms with E-state index < -0.39 is 302 Å². The van der Waals surface area contributed by atoms with E-state index in [4.69, 9.17) is 56.8 Å². The fourth-order valence-corrected chi connectivity index (χ4v) is 16.8. The number of carbonyl (C=O) groups excluding carboxylic acids is 6. The Labute approximate surface area is 796 Å². The maximum Gasteiger partial charge on any atom is 1.00 e. The number of aliphatic hydroxyl groups excluding tert-OH is 19. The maximum absolute atomic E-state index is 13.7. The van der Waals surface area contributed by atoms with Gasteiger partial charge < -0.3 is 195 Å². The number of allylic oxidation sites excluding steroid dienone is 1. The molecule has 6 rings (SSSR count). The summed E-state index contributed by atoms with van der Waals surface area (Å²) in [5.41, 5.74) is 0. The largest absolute Gasteiger partial charge is 1.00 e. The van der Waals surface area contributed by atoms with E-state index in [1.54, 1.807) is 6.08 Å². The number of aliphatic hydroxyl groups is 19. The first-order valence-electron chi connectivity index (χ1n) is 45.2. The molecule has 43 nitrogen and oxygen atoms in total. The van der Waals surface area contributed by atoms with Gasteiger partial charge in [-0.1, -0.05) is 180 Å². The molecule has 0 unspecified atom stereocenters. The Morgan fingerprint density at radius 1 is 0.434 bits per heavy atom. The van der Waals surface area contributed by atoms with Crippen molar-refractivity contribution >= 4 is 35.6 Å². The second-order valence-corrected chi connectivity index (χ2v) is 34.2. The number of amides is 4. The molecule has 0 aromatic rings. The van der Waals surface area contributed by atoms with Gasteiger partial charge in [-0.15, -0.1) is 0 Å². The molecule has 0 radical (unpaired) electrons. The van der Waals surface area contributed by atoms with Crippen LogP contribution in [0, 0.1) is 0 Å². The van der Waals surface area contributed by atoms with Crippen molar-refractivity contribution in [1.29, 1.82) is 0 Å². The smallest absolute Gasteiger partial charge is 0.544 e. The van der Waals surface area contributed by atoms with Crippen molar-refractivity contribution in [3.05, 3.63) is 12.2 Å². The number of aliphatic carboxylic acids is 2. The standard InChI is InChI=1S/C84H148N4O39.2Na/c1-6-8-10-12-14-16-18-20-21-23-25-27-29-31-33-35-58(102)88-48(49(97)34-32-30-28-26-24-22-19-17-15-13-11-9-7-2)43-116-78-68(109)67(108)71(56(42-93)120-78)122-79-69(110)75(64(105)54(40-91)118-79)124-77-61(87-47(5)96)72(66(107)57(121-77)44-117-83(81(112)113)36-50(98)59(85-45(3)94)73(125-83)62(103)52(100)38-89)123-80-70(111)76(65(106)55(41-92)119-80)127-84(82(114)115)37-51(99)60(86-46(4)95)74(126-84)63(104)53(101)39-90;;/h32,34,48-57,59-80,89-93,97-101,103-111H,6-31,33,35-44H2,1-5H3,(H,85,94)(H,86,95)(H,87,96)(H,88,102)(H,112,113)(H,114,115);;/q;2*+1/p-2/b34-32+;;/t48-,49+,50-,51-,52+,53+,54+,55+,56+,57+,59+,60+,61+,62+,63+,64-,65-,66+,67+,68+,69+,70+,71+,72+,73+,74+,75-,76-,77-,78+,79-,80-,83+,84-;;/m0../s1. The minimum absolute atomic E-state index is 0. The number of hydrogen-bond acceptors (Lipinski definition) is 39. The molecule has 6 aliphatic heterocycles. The summed E-state index contributed by atoms with van der Waals surface area (Å²) >= 11 is 0. The average Bonchev–Trinajstić information content (AvgIpc) is 0.749. The number of nitrogens with one attached hydrogen (secondary N) is 4. The van der Waals surface area contributed by atoms with Gasteiger partial charge in [0, 0.05) is 40.0 Å². The minimum Gasteiger partial charge on any atom is -0.544 e. The van der Waals surface area contributed by atoms with E-state index in [9.17, 15) is 136 Å². The van der Waals surface area contributed by atoms with Crippen LogP contribution in [0.25, 0.3) is 0 Å². The van der Waals surface area contributed by atoms with Crippen LogP contribution in [0.4, 0.5) is 0 Å². The third-order valence-corrected chi connectivity index (χ3v) is 24.0. The van der Waals surface area contributed by atoms with Crippen LogP contribution in [0.1, 0.15) is 227 Å². The zero-order chi connectivity index (χ0) is 93.8. The molecule has 0 bridgehead atoms. The molecule has 0 aromatic heterocycles. The van der Waals surface area contributed by atoms with Crippen molar-refractivity contribution in [3.63, 3.8) is 0 Å². The van der Waals surface area contributed by atoms with Crippen molar-refractivity contribution < 1.29 is 252 Å². The Morgan fingerprint density at radius 3 is 1.26 bits per heavy atom. The molecule has 6 saturated heterocycles. The first-order chi connectivity index (χ1) is 60.5. The van der Waals surface area contributed by atoms with Crippen molar-refractivity contribution in [2.45, 2.75) is 435 Å². The van der Waals surface area contributed by atoms with Gasteiger partial charge in [0.1, 0.15) is 146 Å². The van der Waals surface area contributed by atoms with Crippen molar-refractivity contribution in [2.75, 3.05) is 46.2 Å². The van der Waals surface area contributed by atoms with Gasteiger partial charge in [0.25, 0.3) is 0 Å². The molecule has 4 amide bonds. The Bertz CT molecular complexity index is 3220. The molecule has 0 saturated carbocycles. The molecule has 45 heteroatoms. The second kappa shape index (κ2) is 60.9. The van der Waals surface area contributed by atoms with Gasteiger partial charge in [0.15, 0.2) is 25.2 Å². The van der Waals surface area contributed by atoms with Gasteiger partial charge in [-0.2, -0.15) is 0 Å². The van der Waals surface area contributed by atoms with Crippen LogP contribution in [0.2, 0.25) is 0 Å². The van der Waals surface area contributed by atoms with Crippen LogP contribution < -0.4 is 90.6 Å². The summed E-state index contributed by atoms with van der Waals surface area (Å²) in [7, 11) is 0. The molecule has 6 heterocycles. The fourth-order valence-electron chi connectivity index (χ4n) is 16.8. The van der Waals surface area contributed by atoms with Crippen LogP contribution in [0.3, 0.4) is 0 Å². The van der Waals surface area contributed by atoms with E-state index in [0.717, 1.165) is 85.0 Å². The molecule has 34 atom stereocenters. The van der Waals surface area contributed by atoms with Crippen LogP contribution in [0.15, 0.2) is 12.2 Å². The molecule has 23 N–H and O–H groups in total. The quantitative estimate of drug-likeness (QED) is 0.0153. The Balaban J connectivity index is 0.0000174.